The Balaban J connectivity index is 1.78. The van der Waals surface area contributed by atoms with E-state index in [1.165, 1.54) is 23.3 Å². The zero-order valence-electron chi connectivity index (χ0n) is 13.9. The van der Waals surface area contributed by atoms with Gasteiger partial charge in [0, 0.05) is 40.6 Å². The van der Waals surface area contributed by atoms with Crippen LogP contribution in [0.3, 0.4) is 0 Å². The van der Waals surface area contributed by atoms with E-state index in [4.69, 9.17) is 9.97 Å². The van der Waals surface area contributed by atoms with Gasteiger partial charge >= 0.3 is 0 Å². The first-order valence-corrected chi connectivity index (χ1v) is 9.17. The minimum absolute atomic E-state index is 0.434. The minimum atomic E-state index is 0.434. The van der Waals surface area contributed by atoms with Crippen molar-refractivity contribution in [3.63, 3.8) is 0 Å². The summed E-state index contributed by atoms with van der Waals surface area (Å²) in [6.07, 6.45) is 5.97. The first kappa shape index (κ1) is 15.3. The Kier molecular flexibility index (Phi) is 4.02. The van der Waals surface area contributed by atoms with Gasteiger partial charge in [-0.05, 0) is 50.3 Å². The molecule has 1 saturated heterocycles. The minimum Gasteiger partial charge on any atom is -0.348 e. The molecular formula is C19H20N4S. The smallest absolute Gasteiger partial charge is 0.161 e. The monoisotopic (exact) mass is 336 g/mol. The van der Waals surface area contributed by atoms with Crippen molar-refractivity contribution in [2.24, 2.45) is 0 Å². The second-order valence-electron chi connectivity index (χ2n) is 6.18. The number of hydrogen-bond acceptors (Lipinski definition) is 5. The summed E-state index contributed by atoms with van der Waals surface area (Å²) in [4.78, 5) is 17.6. The van der Waals surface area contributed by atoms with Crippen molar-refractivity contribution >= 4 is 17.2 Å². The lowest BCUT2D eigenvalue weighted by molar-refractivity contribution is 0.721. The lowest BCUT2D eigenvalue weighted by Crippen LogP contribution is -2.24. The van der Waals surface area contributed by atoms with Crippen molar-refractivity contribution in [1.82, 2.24) is 15.0 Å². The molecule has 1 fully saturated rings. The number of rotatable bonds is 3. The maximum atomic E-state index is 4.94. The van der Waals surface area contributed by atoms with E-state index >= 15 is 0 Å². The van der Waals surface area contributed by atoms with Gasteiger partial charge in [0.1, 0.15) is 5.82 Å². The van der Waals surface area contributed by atoms with E-state index in [1.54, 1.807) is 12.4 Å². The Morgan fingerprint density at radius 1 is 1.12 bits per heavy atom. The standard InChI is InChI=1S/C19H20N4S/c1-13-14(2)21-18(15-7-9-20-10-8-15)22-19(13)23-11-3-5-16(23)17-6-4-12-24-17/h4,6-10,12,16H,3,5,11H2,1-2H3. The second kappa shape index (κ2) is 6.32. The van der Waals surface area contributed by atoms with Gasteiger partial charge in [0.25, 0.3) is 0 Å². The number of pyridine rings is 1. The molecule has 1 aliphatic heterocycles. The molecule has 0 saturated carbocycles. The third-order valence-corrected chi connectivity index (χ3v) is 5.67. The molecule has 0 amide bonds. The normalized spacial score (nSPS) is 17.4. The summed E-state index contributed by atoms with van der Waals surface area (Å²) in [6, 6.07) is 8.74. The van der Waals surface area contributed by atoms with Crippen LogP contribution >= 0.6 is 11.3 Å². The molecule has 122 valence electrons. The van der Waals surface area contributed by atoms with Crippen LogP contribution < -0.4 is 4.90 Å². The Bertz CT molecular complexity index is 830. The van der Waals surface area contributed by atoms with E-state index in [2.05, 4.69) is 41.2 Å². The van der Waals surface area contributed by atoms with Crippen molar-refractivity contribution in [2.75, 3.05) is 11.4 Å². The highest BCUT2D eigenvalue weighted by molar-refractivity contribution is 7.10. The molecule has 0 radical (unpaired) electrons. The highest BCUT2D eigenvalue weighted by Gasteiger charge is 2.29. The maximum Gasteiger partial charge on any atom is 0.161 e. The Hall–Kier alpha value is -2.27. The number of aromatic nitrogens is 3. The maximum absolute atomic E-state index is 4.94. The van der Waals surface area contributed by atoms with Gasteiger partial charge in [0.15, 0.2) is 5.82 Å². The summed E-state index contributed by atoms with van der Waals surface area (Å²) < 4.78 is 0. The first-order valence-electron chi connectivity index (χ1n) is 8.29. The number of nitrogens with zero attached hydrogens (tertiary/aromatic N) is 4. The molecule has 24 heavy (non-hydrogen) atoms. The fraction of sp³-hybridized carbons (Fsp3) is 0.316. The van der Waals surface area contributed by atoms with Crippen LogP contribution in [-0.2, 0) is 0 Å². The van der Waals surface area contributed by atoms with Crippen LogP contribution in [0.1, 0.15) is 35.0 Å². The first-order chi connectivity index (χ1) is 11.7. The molecule has 4 heterocycles. The largest absolute Gasteiger partial charge is 0.348 e. The molecule has 0 spiro atoms. The zero-order valence-corrected chi connectivity index (χ0v) is 14.8. The van der Waals surface area contributed by atoms with Gasteiger partial charge in [0.2, 0.25) is 0 Å². The second-order valence-corrected chi connectivity index (χ2v) is 7.16. The van der Waals surface area contributed by atoms with Crippen molar-refractivity contribution in [1.29, 1.82) is 0 Å². The fourth-order valence-electron chi connectivity index (χ4n) is 3.32. The van der Waals surface area contributed by atoms with Gasteiger partial charge in [-0.15, -0.1) is 11.3 Å². The summed E-state index contributed by atoms with van der Waals surface area (Å²) in [7, 11) is 0. The van der Waals surface area contributed by atoms with Crippen LogP contribution in [0.25, 0.3) is 11.4 Å². The molecule has 3 aromatic rings. The highest BCUT2D eigenvalue weighted by atomic mass is 32.1. The van der Waals surface area contributed by atoms with Crippen molar-refractivity contribution in [2.45, 2.75) is 32.7 Å². The van der Waals surface area contributed by atoms with Gasteiger partial charge in [-0.25, -0.2) is 9.97 Å². The highest BCUT2D eigenvalue weighted by Crippen LogP contribution is 2.39. The third-order valence-electron chi connectivity index (χ3n) is 4.70. The average Bonchev–Trinajstić information content (AvgIpc) is 3.28. The molecule has 0 bridgehead atoms. The summed E-state index contributed by atoms with van der Waals surface area (Å²) in [6.45, 7) is 5.25. The summed E-state index contributed by atoms with van der Waals surface area (Å²) in [5.41, 5.74) is 3.24. The zero-order chi connectivity index (χ0) is 16.5. The molecule has 1 unspecified atom stereocenters. The third kappa shape index (κ3) is 2.69. The van der Waals surface area contributed by atoms with Crippen molar-refractivity contribution in [3.8, 4) is 11.4 Å². The molecule has 4 rings (SSSR count). The topological polar surface area (TPSA) is 41.9 Å². The molecule has 5 heteroatoms. The molecule has 1 atom stereocenters. The van der Waals surface area contributed by atoms with E-state index in [0.717, 1.165) is 29.4 Å². The van der Waals surface area contributed by atoms with Crippen LogP contribution in [-0.4, -0.2) is 21.5 Å². The molecule has 0 aromatic carbocycles. The van der Waals surface area contributed by atoms with E-state index < -0.39 is 0 Å². The van der Waals surface area contributed by atoms with E-state index in [-0.39, 0.29) is 0 Å². The molecule has 3 aromatic heterocycles. The Labute approximate surface area is 146 Å². The van der Waals surface area contributed by atoms with Crippen LogP contribution in [0, 0.1) is 13.8 Å². The van der Waals surface area contributed by atoms with Crippen LogP contribution in [0.4, 0.5) is 5.82 Å². The fourth-order valence-corrected chi connectivity index (χ4v) is 4.19. The number of aryl methyl sites for hydroxylation is 1. The quantitative estimate of drug-likeness (QED) is 0.703. The van der Waals surface area contributed by atoms with E-state index in [9.17, 15) is 0 Å². The molecule has 4 nitrogen and oxygen atoms in total. The van der Waals surface area contributed by atoms with Crippen LogP contribution in [0.15, 0.2) is 42.0 Å². The molecular weight excluding hydrogens is 316 g/mol. The van der Waals surface area contributed by atoms with E-state index in [0.29, 0.717) is 6.04 Å². The van der Waals surface area contributed by atoms with Gasteiger partial charge in [-0.1, -0.05) is 6.07 Å². The molecule has 0 N–H and O–H groups in total. The predicted molar refractivity (Wildman–Crippen MR) is 98.4 cm³/mol. The average molecular weight is 336 g/mol. The Morgan fingerprint density at radius 3 is 2.71 bits per heavy atom. The molecule has 0 aliphatic carbocycles. The van der Waals surface area contributed by atoms with Crippen molar-refractivity contribution in [3.05, 3.63) is 58.2 Å². The molecule has 1 aliphatic rings. The lowest BCUT2D eigenvalue weighted by Gasteiger charge is -2.27. The summed E-state index contributed by atoms with van der Waals surface area (Å²) in [5, 5.41) is 2.16. The van der Waals surface area contributed by atoms with Crippen LogP contribution in [0.2, 0.25) is 0 Å². The van der Waals surface area contributed by atoms with Crippen LogP contribution in [0.5, 0.6) is 0 Å². The number of hydrogen-bond donors (Lipinski definition) is 0. The van der Waals surface area contributed by atoms with Gasteiger partial charge in [0.05, 0.1) is 6.04 Å². The summed E-state index contributed by atoms with van der Waals surface area (Å²) in [5.74, 6) is 1.86. The van der Waals surface area contributed by atoms with E-state index in [1.807, 2.05) is 23.5 Å². The number of thiophene rings is 1. The lowest BCUT2D eigenvalue weighted by atomic mass is 10.1. The summed E-state index contributed by atoms with van der Waals surface area (Å²) >= 11 is 1.84. The van der Waals surface area contributed by atoms with Crippen molar-refractivity contribution < 1.29 is 0 Å². The number of anilines is 1. The van der Waals surface area contributed by atoms with Gasteiger partial charge in [-0.3, -0.25) is 4.98 Å². The Morgan fingerprint density at radius 2 is 1.96 bits per heavy atom. The predicted octanol–water partition coefficient (Wildman–Crippen LogP) is 4.56. The SMILES string of the molecule is Cc1nc(-c2ccncc2)nc(N2CCCC2c2cccs2)c1C. The van der Waals surface area contributed by atoms with Gasteiger partial charge in [-0.2, -0.15) is 0 Å². The van der Waals surface area contributed by atoms with Gasteiger partial charge < -0.3 is 4.90 Å².